The molecular weight excluding hydrogens is 292 g/mol. The average Bonchev–Trinajstić information content (AvgIpc) is 2.83. The second-order valence-electron chi connectivity index (χ2n) is 7.66. The van der Waals surface area contributed by atoms with Crippen molar-refractivity contribution in [2.45, 2.75) is 75.0 Å². The average molecular weight is 318 g/mol. The van der Waals surface area contributed by atoms with Crippen molar-refractivity contribution in [1.29, 1.82) is 0 Å². The summed E-state index contributed by atoms with van der Waals surface area (Å²) in [6.45, 7) is 9.27. The molecule has 4 heteroatoms. The molecule has 1 unspecified atom stereocenters. The molecule has 0 aromatic rings. The maximum absolute atomic E-state index is 11.9. The van der Waals surface area contributed by atoms with Crippen molar-refractivity contribution in [3.05, 3.63) is 25.3 Å². The topological polar surface area (TPSA) is 44.8 Å². The number of esters is 1. The Morgan fingerprint density at radius 2 is 2.00 bits per heavy atom. The first-order valence-corrected chi connectivity index (χ1v) is 8.79. The second-order valence-corrected chi connectivity index (χ2v) is 7.66. The Hall–Kier alpha value is -1.13. The Labute approximate surface area is 137 Å². The number of carbonyl (C=O) groups is 1. The smallest absolute Gasteiger partial charge is 0.303 e. The van der Waals surface area contributed by atoms with E-state index in [1.165, 1.54) is 6.92 Å². The van der Waals surface area contributed by atoms with Crippen molar-refractivity contribution in [2.24, 2.45) is 11.8 Å². The van der Waals surface area contributed by atoms with Gasteiger partial charge in [0, 0.05) is 25.7 Å². The largest absolute Gasteiger partial charge is 0.456 e. The number of rotatable bonds is 5. The van der Waals surface area contributed by atoms with Gasteiger partial charge in [-0.15, -0.1) is 13.2 Å². The summed E-state index contributed by atoms with van der Waals surface area (Å²) in [6, 6.07) is 0. The van der Waals surface area contributed by atoms with Gasteiger partial charge in [0.15, 0.2) is 0 Å². The van der Waals surface area contributed by atoms with Crippen LogP contribution < -0.4 is 0 Å². The third-order valence-electron chi connectivity index (χ3n) is 6.41. The first-order valence-electron chi connectivity index (χ1n) is 8.79. The van der Waals surface area contributed by atoms with Gasteiger partial charge in [0.1, 0.15) is 11.2 Å². The molecule has 5 fully saturated rings. The molecule has 0 aromatic heterocycles. The maximum Gasteiger partial charge on any atom is 0.303 e. The summed E-state index contributed by atoms with van der Waals surface area (Å²) in [7, 11) is 0. The highest BCUT2D eigenvalue weighted by molar-refractivity contribution is 5.67. The molecule has 23 heavy (non-hydrogen) atoms. The van der Waals surface area contributed by atoms with Gasteiger partial charge in [-0.3, -0.25) is 4.79 Å². The molecule has 7 atom stereocenters. The molecule has 0 radical (unpaired) electrons. The van der Waals surface area contributed by atoms with Crippen LogP contribution in [-0.4, -0.2) is 35.5 Å². The molecule has 5 rings (SSSR count). The van der Waals surface area contributed by atoms with Crippen LogP contribution in [0.2, 0.25) is 0 Å². The summed E-state index contributed by atoms with van der Waals surface area (Å²) in [5, 5.41) is 0. The van der Waals surface area contributed by atoms with Gasteiger partial charge in [-0.25, -0.2) is 0 Å². The fourth-order valence-electron chi connectivity index (χ4n) is 5.90. The maximum atomic E-state index is 11.9. The summed E-state index contributed by atoms with van der Waals surface area (Å²) in [6.07, 6.45) is 9.78. The molecule has 2 saturated carbocycles. The zero-order chi connectivity index (χ0) is 16.2. The van der Waals surface area contributed by atoms with Gasteiger partial charge in [0.2, 0.25) is 0 Å². The number of hydrogen-bond donors (Lipinski definition) is 0. The molecular formula is C19H26O4. The lowest BCUT2D eigenvalue weighted by atomic mass is 9.64. The molecule has 3 aliphatic heterocycles. The van der Waals surface area contributed by atoms with Crippen LogP contribution in [0.4, 0.5) is 0 Å². The molecule has 0 N–H and O–H groups in total. The molecule has 2 bridgehead atoms. The van der Waals surface area contributed by atoms with Gasteiger partial charge in [-0.2, -0.15) is 0 Å². The minimum atomic E-state index is -0.541. The quantitative estimate of drug-likeness (QED) is 0.577. The van der Waals surface area contributed by atoms with E-state index < -0.39 is 11.2 Å². The normalized spacial score (nSPS) is 49.7. The molecule has 3 saturated heterocycles. The van der Waals surface area contributed by atoms with Crippen LogP contribution in [0.25, 0.3) is 0 Å². The molecule has 2 aliphatic carbocycles. The van der Waals surface area contributed by atoms with Crippen LogP contribution in [0.15, 0.2) is 25.3 Å². The lowest BCUT2D eigenvalue weighted by Gasteiger charge is -2.58. The lowest BCUT2D eigenvalue weighted by molar-refractivity contribution is -0.310. The van der Waals surface area contributed by atoms with E-state index in [4.69, 9.17) is 14.2 Å². The number of allylic oxidation sites excluding steroid dienone is 1. The van der Waals surface area contributed by atoms with E-state index in [2.05, 4.69) is 13.2 Å². The van der Waals surface area contributed by atoms with Gasteiger partial charge in [-0.05, 0) is 31.6 Å². The minimum absolute atomic E-state index is 0.0650. The van der Waals surface area contributed by atoms with E-state index in [1.54, 1.807) is 0 Å². The Balaban J connectivity index is 1.76. The van der Waals surface area contributed by atoms with Crippen molar-refractivity contribution in [1.82, 2.24) is 0 Å². The van der Waals surface area contributed by atoms with Crippen LogP contribution >= 0.6 is 0 Å². The predicted molar refractivity (Wildman–Crippen MR) is 85.8 cm³/mol. The summed E-state index contributed by atoms with van der Waals surface area (Å²) < 4.78 is 18.7. The van der Waals surface area contributed by atoms with Crippen molar-refractivity contribution >= 4 is 5.97 Å². The summed E-state index contributed by atoms with van der Waals surface area (Å²) in [5.74, 6) is 0.643. The highest BCUT2D eigenvalue weighted by Crippen LogP contribution is 2.67. The zero-order valence-electron chi connectivity index (χ0n) is 13.8. The van der Waals surface area contributed by atoms with Crippen molar-refractivity contribution < 1.29 is 19.0 Å². The van der Waals surface area contributed by atoms with Crippen molar-refractivity contribution in [3.8, 4) is 0 Å². The molecule has 0 amide bonds. The summed E-state index contributed by atoms with van der Waals surface area (Å²) in [5.41, 5.74) is -1.00. The fourth-order valence-corrected chi connectivity index (χ4v) is 5.90. The second kappa shape index (κ2) is 5.18. The van der Waals surface area contributed by atoms with E-state index in [0.717, 1.165) is 38.5 Å². The van der Waals surface area contributed by atoms with E-state index in [9.17, 15) is 4.79 Å². The lowest BCUT2D eigenvalue weighted by Crippen LogP contribution is -2.70. The molecule has 3 heterocycles. The molecule has 0 aromatic carbocycles. The van der Waals surface area contributed by atoms with Gasteiger partial charge in [0.05, 0.1) is 18.3 Å². The SMILES string of the molecule is C=CC[C@@H]1C[C@@]2(OC(C)=O)C[C@@H](CC=C)[C@H]3C[C@@H]4CC(O4)[C@@]32O1. The number of hydrogen-bond acceptors (Lipinski definition) is 4. The Bertz CT molecular complexity index is 537. The van der Waals surface area contributed by atoms with Gasteiger partial charge in [-0.1, -0.05) is 12.2 Å². The number of carbonyl (C=O) groups excluding carboxylic acids is 1. The molecule has 1 spiro atoms. The summed E-state index contributed by atoms with van der Waals surface area (Å²) in [4.78, 5) is 11.9. The Morgan fingerprint density at radius 3 is 2.65 bits per heavy atom. The van der Waals surface area contributed by atoms with E-state index >= 15 is 0 Å². The minimum Gasteiger partial charge on any atom is -0.456 e. The van der Waals surface area contributed by atoms with Gasteiger partial charge < -0.3 is 14.2 Å². The van der Waals surface area contributed by atoms with Gasteiger partial charge >= 0.3 is 5.97 Å². The molecule has 126 valence electrons. The monoisotopic (exact) mass is 318 g/mol. The van der Waals surface area contributed by atoms with E-state index in [1.807, 2.05) is 12.2 Å². The van der Waals surface area contributed by atoms with Gasteiger partial charge in [0.25, 0.3) is 0 Å². The van der Waals surface area contributed by atoms with Crippen LogP contribution in [0.3, 0.4) is 0 Å². The predicted octanol–water partition coefficient (Wildman–Crippen LogP) is 3.17. The first-order chi connectivity index (χ1) is 11.0. The zero-order valence-corrected chi connectivity index (χ0v) is 13.8. The highest BCUT2D eigenvalue weighted by atomic mass is 16.6. The van der Waals surface area contributed by atoms with Crippen LogP contribution in [0.1, 0.15) is 45.4 Å². The first kappa shape index (κ1) is 15.4. The van der Waals surface area contributed by atoms with Crippen molar-refractivity contribution in [2.75, 3.05) is 0 Å². The van der Waals surface area contributed by atoms with Crippen molar-refractivity contribution in [3.63, 3.8) is 0 Å². The van der Waals surface area contributed by atoms with Crippen LogP contribution in [0.5, 0.6) is 0 Å². The standard InChI is InChI=1S/C19H26O4/c1-4-6-13-10-18(22-12(3)20)11-14(7-5-2)23-19(18)16(13)8-15-9-17(19)21-15/h4-5,13-17H,1-2,6-11H2,3H3/t13-,14-,15-,16-,17?,18+,19+/m1/s1. The molecule has 4 nitrogen and oxygen atoms in total. The third-order valence-corrected chi connectivity index (χ3v) is 6.41. The summed E-state index contributed by atoms with van der Waals surface area (Å²) >= 11 is 0. The number of ether oxygens (including phenoxy) is 3. The van der Waals surface area contributed by atoms with Crippen LogP contribution in [0, 0.1) is 11.8 Å². The third kappa shape index (κ3) is 1.94. The Kier molecular flexibility index (Phi) is 3.47. The fraction of sp³-hybridized carbons (Fsp3) is 0.737. The highest BCUT2D eigenvalue weighted by Gasteiger charge is 2.78. The van der Waals surface area contributed by atoms with E-state index in [0.29, 0.717) is 17.9 Å². The Morgan fingerprint density at radius 1 is 1.26 bits per heavy atom. The molecule has 5 aliphatic rings. The van der Waals surface area contributed by atoms with E-state index in [-0.39, 0.29) is 18.2 Å². The van der Waals surface area contributed by atoms with Crippen LogP contribution in [-0.2, 0) is 19.0 Å².